The zero-order valence-electron chi connectivity index (χ0n) is 14.7. The Morgan fingerprint density at radius 3 is 2.10 bits per heavy atom. The molecule has 0 aliphatic rings. The number of nitrogens with zero attached hydrogens (tertiary/aromatic N) is 3. The van der Waals surface area contributed by atoms with Crippen LogP contribution in [0.4, 0.5) is 11.4 Å². The number of non-ortho nitro benzene ring substituents is 1. The van der Waals surface area contributed by atoms with Gasteiger partial charge >= 0.3 is 0 Å². The maximum atomic E-state index is 12.9. The zero-order valence-corrected chi connectivity index (χ0v) is 17.1. The van der Waals surface area contributed by atoms with Crippen molar-refractivity contribution < 1.29 is 31.4 Å². The Balaban J connectivity index is 2.65. The van der Waals surface area contributed by atoms with E-state index in [-0.39, 0.29) is 14.5 Å². The summed E-state index contributed by atoms with van der Waals surface area (Å²) in [5, 5.41) is 21.6. The van der Waals surface area contributed by atoms with E-state index in [9.17, 15) is 37.1 Å². The van der Waals surface area contributed by atoms with Gasteiger partial charge in [0.05, 0.1) is 21.9 Å². The maximum Gasteiger partial charge on any atom is 0.289 e. The van der Waals surface area contributed by atoms with Gasteiger partial charge in [-0.1, -0.05) is 15.3 Å². The second kappa shape index (κ2) is 7.90. The van der Waals surface area contributed by atoms with Gasteiger partial charge in [-0.2, -0.15) is 0 Å². The lowest BCUT2D eigenvalue weighted by molar-refractivity contribution is -0.385. The van der Waals surface area contributed by atoms with Gasteiger partial charge in [0.15, 0.2) is 0 Å². The first kappa shape index (κ1) is 22.5. The van der Waals surface area contributed by atoms with Crippen molar-refractivity contribution in [2.45, 2.75) is 9.79 Å². The molecule has 0 unspecified atom stereocenters. The highest BCUT2D eigenvalue weighted by Gasteiger charge is 2.37. The number of nitro groups is 2. The van der Waals surface area contributed by atoms with Crippen LogP contribution in [0.25, 0.3) is 0 Å². The van der Waals surface area contributed by atoms with E-state index >= 15 is 0 Å². The summed E-state index contributed by atoms with van der Waals surface area (Å²) in [6, 6.07) is 5.05. The standard InChI is InChI=1S/C14H12ClN3O9S2/c1-16(28(23,24)10-4-5-11(15)12(8-10)18(21)22)29(25,26)14-7-9(17(19)20)3-6-13(14)27-2/h3-8H,1-2H3. The summed E-state index contributed by atoms with van der Waals surface area (Å²) in [7, 11) is -7.91. The molecule has 0 aliphatic carbocycles. The van der Waals surface area contributed by atoms with Crippen LogP contribution >= 0.6 is 11.6 Å². The van der Waals surface area contributed by atoms with E-state index in [0.29, 0.717) is 19.2 Å². The van der Waals surface area contributed by atoms with E-state index in [1.165, 1.54) is 0 Å². The summed E-state index contributed by atoms with van der Waals surface area (Å²) in [4.78, 5) is 18.7. The fourth-order valence-corrected chi connectivity index (χ4v) is 5.66. The number of sulfonamides is 2. The number of benzene rings is 2. The minimum absolute atomic E-state index is 0.0610. The molecule has 0 bridgehead atoms. The summed E-state index contributed by atoms with van der Waals surface area (Å²) < 4.78 is 56.1. The Labute approximate surface area is 169 Å². The second-order valence-electron chi connectivity index (χ2n) is 5.35. The molecule has 0 spiro atoms. The number of hydrogen-bond donors (Lipinski definition) is 0. The third kappa shape index (κ3) is 4.14. The molecule has 0 heterocycles. The number of ether oxygens (including phenoxy) is 1. The molecular formula is C14H12ClN3O9S2. The lowest BCUT2D eigenvalue weighted by Crippen LogP contribution is -2.33. The second-order valence-corrected chi connectivity index (χ2v) is 9.90. The van der Waals surface area contributed by atoms with Crippen LogP contribution in [0.5, 0.6) is 5.75 Å². The largest absolute Gasteiger partial charge is 0.495 e. The fourth-order valence-electron chi connectivity index (χ4n) is 2.19. The van der Waals surface area contributed by atoms with E-state index in [1.54, 1.807) is 0 Å². The predicted octanol–water partition coefficient (Wildman–Crippen LogP) is 2.17. The van der Waals surface area contributed by atoms with E-state index in [1.807, 2.05) is 0 Å². The van der Waals surface area contributed by atoms with Crippen LogP contribution in [-0.2, 0) is 20.0 Å². The zero-order chi connectivity index (χ0) is 22.1. The van der Waals surface area contributed by atoms with Crippen LogP contribution < -0.4 is 4.74 Å². The lowest BCUT2D eigenvalue weighted by Gasteiger charge is -2.19. The minimum atomic E-state index is -4.87. The van der Waals surface area contributed by atoms with Gasteiger partial charge in [0.2, 0.25) is 0 Å². The first-order valence-electron chi connectivity index (χ1n) is 7.34. The van der Waals surface area contributed by atoms with Gasteiger partial charge in [-0.3, -0.25) is 20.2 Å². The van der Waals surface area contributed by atoms with Gasteiger partial charge in [0, 0.05) is 25.2 Å². The highest BCUT2D eigenvalue weighted by molar-refractivity contribution is 8.04. The van der Waals surface area contributed by atoms with E-state index in [2.05, 4.69) is 0 Å². The van der Waals surface area contributed by atoms with Gasteiger partial charge in [-0.05, 0) is 18.2 Å². The fraction of sp³-hybridized carbons (Fsp3) is 0.143. The summed E-state index contributed by atoms with van der Waals surface area (Å²) in [5.74, 6) is -0.334. The van der Waals surface area contributed by atoms with Crippen molar-refractivity contribution in [3.05, 3.63) is 61.6 Å². The predicted molar refractivity (Wildman–Crippen MR) is 99.9 cm³/mol. The molecular weight excluding hydrogens is 454 g/mol. The Hall–Kier alpha value is -2.81. The quantitative estimate of drug-likeness (QED) is 0.439. The average molecular weight is 466 g/mol. The Kier molecular flexibility index (Phi) is 6.13. The monoisotopic (exact) mass is 465 g/mol. The molecule has 12 nitrogen and oxygen atoms in total. The smallest absolute Gasteiger partial charge is 0.289 e. The summed E-state index contributed by atoms with van der Waals surface area (Å²) in [6.07, 6.45) is 0. The third-order valence-electron chi connectivity index (χ3n) is 3.73. The molecule has 2 rings (SSSR count). The van der Waals surface area contributed by atoms with Crippen molar-refractivity contribution >= 4 is 43.0 Å². The Bertz CT molecular complexity index is 1210. The molecule has 29 heavy (non-hydrogen) atoms. The van der Waals surface area contributed by atoms with Crippen molar-refractivity contribution in [3.63, 3.8) is 0 Å². The van der Waals surface area contributed by atoms with Crippen LogP contribution in [0.3, 0.4) is 0 Å². The van der Waals surface area contributed by atoms with Gasteiger partial charge in [-0.25, -0.2) is 16.8 Å². The molecule has 0 amide bonds. The molecule has 2 aromatic rings. The molecule has 0 saturated carbocycles. The number of hydrogen-bond acceptors (Lipinski definition) is 9. The van der Waals surface area contributed by atoms with Crippen LogP contribution in [0.1, 0.15) is 0 Å². The summed E-state index contributed by atoms with van der Waals surface area (Å²) in [6.45, 7) is 0. The summed E-state index contributed by atoms with van der Waals surface area (Å²) >= 11 is 5.64. The lowest BCUT2D eigenvalue weighted by atomic mass is 10.3. The van der Waals surface area contributed by atoms with Gasteiger partial charge in [0.1, 0.15) is 15.7 Å². The first-order chi connectivity index (χ1) is 13.3. The molecule has 0 saturated heterocycles. The van der Waals surface area contributed by atoms with Gasteiger partial charge in [0.25, 0.3) is 31.4 Å². The van der Waals surface area contributed by atoms with Gasteiger partial charge in [-0.15, -0.1) is 0 Å². The normalized spacial score (nSPS) is 12.0. The minimum Gasteiger partial charge on any atom is -0.495 e. The van der Waals surface area contributed by atoms with E-state index in [0.717, 1.165) is 31.4 Å². The van der Waals surface area contributed by atoms with Crippen molar-refractivity contribution in [1.82, 2.24) is 3.71 Å². The summed E-state index contributed by atoms with van der Waals surface area (Å²) in [5.41, 5.74) is -1.36. The number of nitro benzene ring substituents is 2. The maximum absolute atomic E-state index is 12.9. The first-order valence-corrected chi connectivity index (χ1v) is 10.6. The molecule has 156 valence electrons. The van der Waals surface area contributed by atoms with E-state index < -0.39 is 51.1 Å². The molecule has 15 heteroatoms. The molecule has 0 fully saturated rings. The van der Waals surface area contributed by atoms with Crippen LogP contribution in [-0.4, -0.2) is 44.6 Å². The molecule has 0 N–H and O–H groups in total. The number of halogens is 1. The van der Waals surface area contributed by atoms with Crippen LogP contribution in [0.15, 0.2) is 46.2 Å². The van der Waals surface area contributed by atoms with Gasteiger partial charge < -0.3 is 4.74 Å². The Morgan fingerprint density at radius 2 is 1.59 bits per heavy atom. The van der Waals surface area contributed by atoms with Crippen LogP contribution in [0, 0.1) is 20.2 Å². The Morgan fingerprint density at radius 1 is 0.966 bits per heavy atom. The highest BCUT2D eigenvalue weighted by Crippen LogP contribution is 2.34. The molecule has 0 aliphatic heterocycles. The number of rotatable bonds is 7. The SMILES string of the molecule is COc1ccc([N+](=O)[O-])cc1S(=O)(=O)N(C)S(=O)(=O)c1ccc(Cl)c([N+](=O)[O-])c1. The van der Waals surface area contributed by atoms with Crippen molar-refractivity contribution in [1.29, 1.82) is 0 Å². The average Bonchev–Trinajstić information content (AvgIpc) is 2.66. The molecule has 0 atom stereocenters. The van der Waals surface area contributed by atoms with Crippen molar-refractivity contribution in [2.75, 3.05) is 14.2 Å². The molecule has 0 radical (unpaired) electrons. The van der Waals surface area contributed by atoms with Crippen molar-refractivity contribution in [3.8, 4) is 5.75 Å². The molecule has 0 aromatic heterocycles. The highest BCUT2D eigenvalue weighted by atomic mass is 35.5. The van der Waals surface area contributed by atoms with Crippen molar-refractivity contribution in [2.24, 2.45) is 0 Å². The van der Waals surface area contributed by atoms with Crippen LogP contribution in [0.2, 0.25) is 5.02 Å². The topological polar surface area (TPSA) is 167 Å². The van der Waals surface area contributed by atoms with E-state index in [4.69, 9.17) is 16.3 Å². The number of methoxy groups -OCH3 is 1. The third-order valence-corrected chi connectivity index (χ3v) is 8.30. The molecule has 2 aromatic carbocycles.